The van der Waals surface area contributed by atoms with E-state index in [1.165, 1.54) is 21.7 Å². The summed E-state index contributed by atoms with van der Waals surface area (Å²) in [5, 5.41) is 3.04. The number of sulfonamides is 1. The third kappa shape index (κ3) is 5.82. The summed E-state index contributed by atoms with van der Waals surface area (Å²) in [6.07, 6.45) is 1.22. The molecular formula is C27H32N2O3S. The minimum atomic E-state index is -3.49. The van der Waals surface area contributed by atoms with Gasteiger partial charge in [0.1, 0.15) is 0 Å². The van der Waals surface area contributed by atoms with Gasteiger partial charge in [-0.15, -0.1) is 0 Å². The molecule has 3 aromatic carbocycles. The maximum absolute atomic E-state index is 12.8. The van der Waals surface area contributed by atoms with Gasteiger partial charge in [0, 0.05) is 5.56 Å². The summed E-state index contributed by atoms with van der Waals surface area (Å²) >= 11 is 0. The molecule has 1 atom stereocenters. The zero-order chi connectivity index (χ0) is 24.3. The van der Waals surface area contributed by atoms with Crippen LogP contribution < -0.4 is 9.62 Å². The van der Waals surface area contributed by atoms with Crippen molar-refractivity contribution >= 4 is 21.6 Å². The molecule has 0 aliphatic rings. The molecule has 0 saturated carbocycles. The SMILES string of the molecule is Cc1ccc(C(C)NC(=O)c2ccc(CN(c3c(C)cccc3C)S(C)(=O)=O)cc2)cc1C. The number of carbonyl (C=O) groups is 1. The van der Waals surface area contributed by atoms with Crippen LogP contribution in [0, 0.1) is 27.7 Å². The Morgan fingerprint density at radius 2 is 1.48 bits per heavy atom. The van der Waals surface area contributed by atoms with Crippen molar-refractivity contribution in [2.24, 2.45) is 0 Å². The molecule has 6 heteroatoms. The molecule has 0 bridgehead atoms. The van der Waals surface area contributed by atoms with Gasteiger partial charge in [-0.1, -0.05) is 48.5 Å². The third-order valence-corrected chi connectivity index (χ3v) is 7.12. The van der Waals surface area contributed by atoms with Crippen LogP contribution in [0.1, 0.15) is 56.7 Å². The molecule has 0 heterocycles. The number of hydrogen-bond donors (Lipinski definition) is 1. The molecule has 0 aromatic heterocycles. The van der Waals surface area contributed by atoms with E-state index in [1.54, 1.807) is 24.3 Å². The Kier molecular flexibility index (Phi) is 7.28. The normalized spacial score (nSPS) is 12.3. The lowest BCUT2D eigenvalue weighted by Gasteiger charge is -2.26. The van der Waals surface area contributed by atoms with Crippen LogP contribution in [-0.2, 0) is 16.6 Å². The minimum absolute atomic E-state index is 0.124. The van der Waals surface area contributed by atoms with E-state index in [2.05, 4.69) is 31.3 Å². The van der Waals surface area contributed by atoms with Gasteiger partial charge >= 0.3 is 0 Å². The number of aryl methyl sites for hydroxylation is 4. The molecule has 33 heavy (non-hydrogen) atoms. The Morgan fingerprint density at radius 1 is 0.879 bits per heavy atom. The van der Waals surface area contributed by atoms with Crippen molar-refractivity contribution in [3.05, 3.63) is 99.6 Å². The number of para-hydroxylation sites is 1. The van der Waals surface area contributed by atoms with Crippen LogP contribution in [0.25, 0.3) is 0 Å². The van der Waals surface area contributed by atoms with E-state index in [4.69, 9.17) is 0 Å². The number of rotatable bonds is 7. The first kappa shape index (κ1) is 24.5. The average Bonchev–Trinajstić information content (AvgIpc) is 2.74. The van der Waals surface area contributed by atoms with E-state index < -0.39 is 10.0 Å². The van der Waals surface area contributed by atoms with Crippen molar-refractivity contribution in [1.29, 1.82) is 0 Å². The van der Waals surface area contributed by atoms with E-state index in [-0.39, 0.29) is 18.5 Å². The molecule has 0 aliphatic carbocycles. The molecule has 5 nitrogen and oxygen atoms in total. The highest BCUT2D eigenvalue weighted by atomic mass is 32.2. The number of amides is 1. The van der Waals surface area contributed by atoms with Crippen molar-refractivity contribution in [2.45, 2.75) is 47.2 Å². The highest BCUT2D eigenvalue weighted by Crippen LogP contribution is 2.28. The predicted octanol–water partition coefficient (Wildman–Crippen LogP) is 5.38. The summed E-state index contributed by atoms with van der Waals surface area (Å²) in [4.78, 5) is 12.8. The molecule has 1 amide bonds. The lowest BCUT2D eigenvalue weighted by molar-refractivity contribution is 0.0940. The smallest absolute Gasteiger partial charge is 0.251 e. The highest BCUT2D eigenvalue weighted by molar-refractivity contribution is 7.92. The molecule has 1 unspecified atom stereocenters. The summed E-state index contributed by atoms with van der Waals surface area (Å²) in [5.41, 5.74) is 7.31. The second-order valence-corrected chi connectivity index (χ2v) is 10.7. The van der Waals surface area contributed by atoms with Crippen molar-refractivity contribution in [2.75, 3.05) is 10.6 Å². The van der Waals surface area contributed by atoms with Crippen LogP contribution in [-0.4, -0.2) is 20.6 Å². The number of nitrogens with one attached hydrogen (secondary N) is 1. The molecule has 3 aromatic rings. The van der Waals surface area contributed by atoms with Crippen LogP contribution in [0.5, 0.6) is 0 Å². The standard InChI is InChI=1S/C27H32N2O3S/c1-18-10-13-25(16-21(18)4)22(5)28-27(30)24-14-11-23(12-15-24)17-29(33(6,31)32)26-19(2)8-7-9-20(26)3/h7-16,22H,17H2,1-6H3,(H,28,30). The Balaban J connectivity index is 1.77. The van der Waals surface area contributed by atoms with Crippen LogP contribution >= 0.6 is 0 Å². The summed E-state index contributed by atoms with van der Waals surface area (Å²) in [6.45, 7) is 10.1. The first-order valence-electron chi connectivity index (χ1n) is 11.0. The molecule has 174 valence electrons. The molecule has 0 aliphatic heterocycles. The molecular weight excluding hydrogens is 432 g/mol. The fourth-order valence-corrected chi connectivity index (χ4v) is 4.89. The minimum Gasteiger partial charge on any atom is -0.346 e. The Labute approximate surface area is 197 Å². The fraction of sp³-hybridized carbons (Fsp3) is 0.296. The zero-order valence-electron chi connectivity index (χ0n) is 20.1. The van der Waals surface area contributed by atoms with Gasteiger partial charge in [-0.25, -0.2) is 8.42 Å². The summed E-state index contributed by atoms with van der Waals surface area (Å²) < 4.78 is 26.6. The van der Waals surface area contributed by atoms with Gasteiger partial charge < -0.3 is 5.32 Å². The lowest BCUT2D eigenvalue weighted by atomic mass is 10.0. The maximum Gasteiger partial charge on any atom is 0.251 e. The zero-order valence-corrected chi connectivity index (χ0v) is 21.0. The van der Waals surface area contributed by atoms with Gasteiger partial charge in [0.15, 0.2) is 0 Å². The number of benzene rings is 3. The second-order valence-electron chi connectivity index (χ2n) is 8.75. The number of nitrogens with zero attached hydrogens (tertiary/aromatic N) is 1. The van der Waals surface area contributed by atoms with Gasteiger partial charge in [0.05, 0.1) is 24.5 Å². The van der Waals surface area contributed by atoms with E-state index >= 15 is 0 Å². The van der Waals surface area contributed by atoms with Gasteiger partial charge in [0.25, 0.3) is 5.91 Å². The first-order valence-corrected chi connectivity index (χ1v) is 12.8. The largest absolute Gasteiger partial charge is 0.346 e. The van der Waals surface area contributed by atoms with Crippen LogP contribution in [0.15, 0.2) is 60.7 Å². The maximum atomic E-state index is 12.8. The highest BCUT2D eigenvalue weighted by Gasteiger charge is 2.21. The van der Waals surface area contributed by atoms with Gasteiger partial charge in [-0.2, -0.15) is 0 Å². The Bertz CT molecular complexity index is 1240. The summed E-state index contributed by atoms with van der Waals surface area (Å²) in [5.74, 6) is -0.165. The predicted molar refractivity (Wildman–Crippen MR) is 135 cm³/mol. The van der Waals surface area contributed by atoms with E-state index in [9.17, 15) is 13.2 Å². The lowest BCUT2D eigenvalue weighted by Crippen LogP contribution is -2.30. The molecule has 1 N–H and O–H groups in total. The fourth-order valence-electron chi connectivity index (χ4n) is 3.89. The quantitative estimate of drug-likeness (QED) is 0.511. The first-order chi connectivity index (χ1) is 15.5. The second kappa shape index (κ2) is 9.79. The van der Waals surface area contributed by atoms with Crippen LogP contribution in [0.4, 0.5) is 5.69 Å². The van der Waals surface area contributed by atoms with E-state index in [0.29, 0.717) is 11.3 Å². The van der Waals surface area contributed by atoms with Gasteiger partial charge in [-0.05, 0) is 80.1 Å². The number of anilines is 1. The molecule has 0 spiro atoms. The summed E-state index contributed by atoms with van der Waals surface area (Å²) in [7, 11) is -3.49. The van der Waals surface area contributed by atoms with Crippen molar-refractivity contribution in [3.63, 3.8) is 0 Å². The van der Waals surface area contributed by atoms with Gasteiger partial charge in [0.2, 0.25) is 10.0 Å². The Hall–Kier alpha value is -3.12. The number of carbonyl (C=O) groups excluding carboxylic acids is 1. The molecule has 0 fully saturated rings. The summed E-state index contributed by atoms with van der Waals surface area (Å²) in [6, 6.07) is 18.9. The monoisotopic (exact) mass is 464 g/mol. The van der Waals surface area contributed by atoms with Crippen molar-refractivity contribution < 1.29 is 13.2 Å². The topological polar surface area (TPSA) is 66.5 Å². The molecule has 3 rings (SSSR count). The molecule has 0 saturated heterocycles. The number of hydrogen-bond acceptors (Lipinski definition) is 3. The van der Waals surface area contributed by atoms with Crippen LogP contribution in [0.3, 0.4) is 0 Å². The van der Waals surface area contributed by atoms with E-state index in [1.807, 2.05) is 45.0 Å². The van der Waals surface area contributed by atoms with Crippen molar-refractivity contribution in [3.8, 4) is 0 Å². The van der Waals surface area contributed by atoms with Crippen molar-refractivity contribution in [1.82, 2.24) is 5.32 Å². The van der Waals surface area contributed by atoms with E-state index in [0.717, 1.165) is 22.3 Å². The Morgan fingerprint density at radius 3 is 2.03 bits per heavy atom. The third-order valence-electron chi connectivity index (χ3n) is 6.01. The average molecular weight is 465 g/mol. The van der Waals surface area contributed by atoms with Gasteiger partial charge in [-0.3, -0.25) is 9.10 Å². The molecule has 0 radical (unpaired) electrons. The van der Waals surface area contributed by atoms with Crippen LogP contribution in [0.2, 0.25) is 0 Å².